The molecule has 1 heterocycles. The van der Waals surface area contributed by atoms with Gasteiger partial charge in [-0.15, -0.1) is 5.06 Å². The second-order valence-electron chi connectivity index (χ2n) is 3.41. The molecule has 1 saturated heterocycles. The molecule has 0 aliphatic carbocycles. The predicted octanol–water partition coefficient (Wildman–Crippen LogP) is 1.66. The van der Waals surface area contributed by atoms with Crippen LogP contribution in [0.25, 0.3) is 0 Å². The predicted molar refractivity (Wildman–Crippen MR) is 54.1 cm³/mol. The number of carbonyl (C=O) groups excluding carboxylic acids is 2. The third-order valence-corrected chi connectivity index (χ3v) is 2.24. The highest BCUT2D eigenvalue weighted by atomic mass is 16.8. The van der Waals surface area contributed by atoms with Gasteiger partial charge in [-0.1, -0.05) is 30.3 Å². The van der Waals surface area contributed by atoms with Crippen LogP contribution in [0.15, 0.2) is 30.3 Å². The number of hydroxylamine groups is 2. The van der Waals surface area contributed by atoms with Crippen molar-refractivity contribution in [3.8, 4) is 0 Å². The molecule has 16 heavy (non-hydrogen) atoms. The fourth-order valence-corrected chi connectivity index (χ4v) is 1.55. The van der Waals surface area contributed by atoms with Crippen LogP contribution < -0.4 is 0 Å². The van der Waals surface area contributed by atoms with Crippen molar-refractivity contribution in [3.05, 3.63) is 35.9 Å². The Morgan fingerprint density at radius 3 is 2.75 bits per heavy atom. The molecule has 0 N–H and O–H groups in total. The Labute approximate surface area is 92.5 Å². The average Bonchev–Trinajstić information content (AvgIpc) is 2.61. The lowest BCUT2D eigenvalue weighted by molar-refractivity contribution is -0.178. The second kappa shape index (κ2) is 4.22. The number of carbonyl (C=O) groups is 2. The summed E-state index contributed by atoms with van der Waals surface area (Å²) in [6.45, 7) is 1.43. The highest BCUT2D eigenvalue weighted by molar-refractivity contribution is 5.73. The highest BCUT2D eigenvalue weighted by Gasteiger charge is 2.37. The van der Waals surface area contributed by atoms with E-state index in [1.54, 1.807) is 0 Å². The summed E-state index contributed by atoms with van der Waals surface area (Å²) < 4.78 is 4.84. The van der Waals surface area contributed by atoms with E-state index in [9.17, 15) is 9.59 Å². The Balaban J connectivity index is 2.21. The summed E-state index contributed by atoms with van der Waals surface area (Å²) in [7, 11) is 0. The summed E-state index contributed by atoms with van der Waals surface area (Å²) in [4.78, 5) is 27.0. The van der Waals surface area contributed by atoms with E-state index in [0.717, 1.165) is 10.6 Å². The summed E-state index contributed by atoms with van der Waals surface area (Å²) in [5, 5.41) is 0.970. The summed E-state index contributed by atoms with van der Waals surface area (Å²) in [6.07, 6.45) is -0.635. The van der Waals surface area contributed by atoms with Crippen molar-refractivity contribution in [3.63, 3.8) is 0 Å². The molecule has 0 unspecified atom stereocenters. The molecular weight excluding hydrogens is 210 g/mol. The van der Waals surface area contributed by atoms with Gasteiger partial charge in [0.2, 0.25) is 0 Å². The minimum Gasteiger partial charge on any atom is -0.445 e. The molecule has 1 aliphatic rings. The Hall–Kier alpha value is -2.04. The lowest BCUT2D eigenvalue weighted by Gasteiger charge is -2.18. The first-order valence-corrected chi connectivity index (χ1v) is 4.88. The second-order valence-corrected chi connectivity index (χ2v) is 3.41. The van der Waals surface area contributed by atoms with E-state index < -0.39 is 12.1 Å². The molecule has 1 atom stereocenters. The number of benzene rings is 1. The van der Waals surface area contributed by atoms with Gasteiger partial charge in [0.25, 0.3) is 0 Å². The fraction of sp³-hybridized carbons (Fsp3) is 0.273. The van der Waals surface area contributed by atoms with Crippen LogP contribution in [0.1, 0.15) is 18.5 Å². The fourth-order valence-electron chi connectivity index (χ4n) is 1.55. The zero-order valence-corrected chi connectivity index (χ0v) is 8.75. The number of nitrogens with zero attached hydrogens (tertiary/aromatic N) is 1. The molecule has 84 valence electrons. The molecule has 5 nitrogen and oxygen atoms in total. The molecule has 1 aromatic carbocycles. The van der Waals surface area contributed by atoms with Gasteiger partial charge in [-0.05, 0) is 5.56 Å². The SMILES string of the molecule is CC(=O)ON1C(=O)OC[C@@H]1c1ccccc1. The van der Waals surface area contributed by atoms with Crippen LogP contribution in [-0.2, 0) is 14.4 Å². The van der Waals surface area contributed by atoms with Crippen LogP contribution in [-0.4, -0.2) is 23.7 Å². The van der Waals surface area contributed by atoms with Gasteiger partial charge in [0.15, 0.2) is 0 Å². The third kappa shape index (κ3) is 1.98. The molecule has 0 bridgehead atoms. The number of hydrogen-bond acceptors (Lipinski definition) is 4. The highest BCUT2D eigenvalue weighted by Crippen LogP contribution is 2.27. The van der Waals surface area contributed by atoms with Gasteiger partial charge in [-0.3, -0.25) is 4.79 Å². The van der Waals surface area contributed by atoms with Crippen molar-refractivity contribution >= 4 is 12.1 Å². The maximum Gasteiger partial charge on any atom is 0.444 e. The zero-order chi connectivity index (χ0) is 11.5. The van der Waals surface area contributed by atoms with Gasteiger partial charge in [0.05, 0.1) is 0 Å². The van der Waals surface area contributed by atoms with Crippen molar-refractivity contribution in [2.75, 3.05) is 6.61 Å². The smallest absolute Gasteiger partial charge is 0.444 e. The molecule has 1 fully saturated rings. The Morgan fingerprint density at radius 2 is 2.12 bits per heavy atom. The van der Waals surface area contributed by atoms with Crippen LogP contribution in [0.2, 0.25) is 0 Å². The summed E-state index contributed by atoms with van der Waals surface area (Å²) in [6, 6.07) is 8.91. The lowest BCUT2D eigenvalue weighted by Crippen LogP contribution is -2.29. The van der Waals surface area contributed by atoms with Crippen LogP contribution in [0, 0.1) is 0 Å². The number of rotatable bonds is 2. The maximum atomic E-state index is 11.3. The van der Waals surface area contributed by atoms with Gasteiger partial charge in [0, 0.05) is 6.92 Å². The first-order chi connectivity index (χ1) is 7.68. The molecule has 1 aromatic rings. The molecule has 0 aromatic heterocycles. The standard InChI is InChI=1S/C11H11NO4/c1-8(13)16-12-10(7-15-11(12)14)9-5-3-2-4-6-9/h2-6,10H,7H2,1H3/t10-/m1/s1. The van der Waals surface area contributed by atoms with E-state index in [-0.39, 0.29) is 12.6 Å². The topological polar surface area (TPSA) is 55.8 Å². The Bertz CT molecular complexity index is 404. The minimum atomic E-state index is -0.635. The number of cyclic esters (lactones) is 1. The van der Waals surface area contributed by atoms with Crippen LogP contribution in [0.4, 0.5) is 4.79 Å². The number of amides is 1. The summed E-state index contributed by atoms with van der Waals surface area (Å²) in [5.41, 5.74) is 0.870. The third-order valence-electron chi connectivity index (χ3n) is 2.24. The van der Waals surface area contributed by atoms with E-state index in [1.165, 1.54) is 6.92 Å². The Morgan fingerprint density at radius 1 is 1.44 bits per heavy atom. The van der Waals surface area contributed by atoms with Crippen molar-refractivity contribution in [2.45, 2.75) is 13.0 Å². The maximum absolute atomic E-state index is 11.3. The number of hydrogen-bond donors (Lipinski definition) is 0. The minimum absolute atomic E-state index is 0.191. The average molecular weight is 221 g/mol. The lowest BCUT2D eigenvalue weighted by atomic mass is 10.1. The van der Waals surface area contributed by atoms with E-state index in [2.05, 4.69) is 0 Å². The molecule has 5 heteroatoms. The first kappa shape index (κ1) is 10.5. The first-order valence-electron chi connectivity index (χ1n) is 4.88. The van der Waals surface area contributed by atoms with Gasteiger partial charge < -0.3 is 9.57 Å². The molecule has 1 aliphatic heterocycles. The van der Waals surface area contributed by atoms with E-state index in [4.69, 9.17) is 9.57 Å². The van der Waals surface area contributed by atoms with Crippen molar-refractivity contribution in [1.29, 1.82) is 0 Å². The molecule has 2 rings (SSSR count). The van der Waals surface area contributed by atoms with E-state index >= 15 is 0 Å². The largest absolute Gasteiger partial charge is 0.445 e. The monoisotopic (exact) mass is 221 g/mol. The van der Waals surface area contributed by atoms with E-state index in [0.29, 0.717) is 0 Å². The molecule has 0 saturated carbocycles. The Kier molecular flexibility index (Phi) is 2.76. The van der Waals surface area contributed by atoms with Crippen molar-refractivity contribution < 1.29 is 19.2 Å². The molecule has 0 radical (unpaired) electrons. The van der Waals surface area contributed by atoms with Gasteiger partial charge >= 0.3 is 12.1 Å². The van der Waals surface area contributed by atoms with Crippen molar-refractivity contribution in [2.24, 2.45) is 0 Å². The van der Waals surface area contributed by atoms with E-state index in [1.807, 2.05) is 30.3 Å². The van der Waals surface area contributed by atoms with Crippen LogP contribution in [0.3, 0.4) is 0 Å². The van der Waals surface area contributed by atoms with Crippen molar-refractivity contribution in [1.82, 2.24) is 5.06 Å². The number of ether oxygens (including phenoxy) is 1. The molecular formula is C11H11NO4. The van der Waals surface area contributed by atoms with Gasteiger partial charge in [0.1, 0.15) is 12.6 Å². The molecule has 0 spiro atoms. The zero-order valence-electron chi connectivity index (χ0n) is 8.75. The molecule has 1 amide bonds. The normalized spacial score (nSPS) is 19.4. The van der Waals surface area contributed by atoms with Gasteiger partial charge in [-0.2, -0.15) is 0 Å². The summed E-state index contributed by atoms with van der Waals surface area (Å²) in [5.74, 6) is -0.542. The van der Waals surface area contributed by atoms with Gasteiger partial charge in [-0.25, -0.2) is 4.79 Å². The van der Waals surface area contributed by atoms with Crippen LogP contribution >= 0.6 is 0 Å². The summed E-state index contributed by atoms with van der Waals surface area (Å²) >= 11 is 0. The quantitative estimate of drug-likeness (QED) is 0.762. The van der Waals surface area contributed by atoms with Crippen LogP contribution in [0.5, 0.6) is 0 Å².